The highest BCUT2D eigenvalue weighted by atomic mass is 16.5. The van der Waals surface area contributed by atoms with Gasteiger partial charge in [-0.05, 0) is 32.0 Å². The lowest BCUT2D eigenvalue weighted by molar-refractivity contribution is -0.929. The number of ether oxygens (including phenoxy) is 1. The number of hydrogen-bond acceptors (Lipinski definition) is 4. The number of aromatic nitrogens is 1. The van der Waals surface area contributed by atoms with Gasteiger partial charge in [-0.2, -0.15) is 5.10 Å². The number of benzene rings is 1. The Hall–Kier alpha value is -2.40. The Morgan fingerprint density at radius 1 is 1.11 bits per heavy atom. The maximum atomic E-state index is 6.68. The van der Waals surface area contributed by atoms with E-state index in [1.54, 1.807) is 4.90 Å². The molecule has 140 valence electrons. The highest BCUT2D eigenvalue weighted by molar-refractivity contribution is 6.01. The van der Waals surface area contributed by atoms with Crippen molar-refractivity contribution in [2.24, 2.45) is 5.10 Å². The number of hydrogen-bond donors (Lipinski definition) is 1. The van der Waals surface area contributed by atoms with Crippen molar-refractivity contribution in [2.75, 3.05) is 13.1 Å². The minimum atomic E-state index is -0.313. The largest absolute Gasteiger partial charge is 0.466 e. The lowest BCUT2D eigenvalue weighted by atomic mass is 9.90. The quantitative estimate of drug-likeness (QED) is 0.891. The van der Waals surface area contributed by atoms with Gasteiger partial charge >= 0.3 is 0 Å². The van der Waals surface area contributed by atoms with Gasteiger partial charge in [0.1, 0.15) is 5.75 Å². The van der Waals surface area contributed by atoms with Gasteiger partial charge in [0.2, 0.25) is 5.72 Å². The molecule has 0 unspecified atom stereocenters. The number of hydrazone groups is 1. The first-order chi connectivity index (χ1) is 13.2. The number of fused-ring (bicyclic) bond motifs is 4. The maximum absolute atomic E-state index is 6.68. The Labute approximate surface area is 160 Å². The molecule has 0 amide bonds. The lowest BCUT2D eigenvalue weighted by Crippen LogP contribution is -3.16. The molecule has 1 atom stereocenters. The van der Waals surface area contributed by atoms with Gasteiger partial charge in [-0.1, -0.05) is 18.2 Å². The van der Waals surface area contributed by atoms with Crippen molar-refractivity contribution < 1.29 is 9.64 Å². The summed E-state index contributed by atoms with van der Waals surface area (Å²) in [6, 6.07) is 13.5. The van der Waals surface area contributed by atoms with Crippen molar-refractivity contribution in [3.8, 4) is 5.75 Å². The standard InChI is InChI=1S/C22H26N4O/c1-16(2)25-13-9-22(10-14-25)26-20(18-5-3-4-6-21(18)27-22)15-19(24-26)17-7-11-23-12-8-17/h3-8,11-12,16,20H,9-10,13-15H2,1-2H3/p+1/t20-/m1/s1. The molecule has 5 rings (SSSR count). The van der Waals surface area contributed by atoms with Gasteiger partial charge in [0.05, 0.1) is 43.7 Å². The van der Waals surface area contributed by atoms with E-state index in [1.165, 1.54) is 5.56 Å². The molecule has 3 aliphatic rings. The van der Waals surface area contributed by atoms with Crippen LogP contribution in [-0.4, -0.2) is 40.6 Å². The van der Waals surface area contributed by atoms with Crippen LogP contribution in [0.25, 0.3) is 0 Å². The second kappa shape index (κ2) is 6.34. The SMILES string of the molecule is CC(C)[NH+]1CCC2(CC1)Oc1ccccc1[C@H]1CC(c3ccncc3)=NN12. The van der Waals surface area contributed by atoms with Crippen LogP contribution in [-0.2, 0) is 0 Å². The molecule has 2 aromatic rings. The third-order valence-electron chi connectivity index (χ3n) is 6.41. The summed E-state index contributed by atoms with van der Waals surface area (Å²) >= 11 is 0. The van der Waals surface area contributed by atoms with Gasteiger partial charge in [0, 0.05) is 29.9 Å². The molecule has 1 N–H and O–H groups in total. The molecule has 4 heterocycles. The Balaban J connectivity index is 1.53. The Bertz CT molecular complexity index is 856. The van der Waals surface area contributed by atoms with Crippen molar-refractivity contribution in [3.63, 3.8) is 0 Å². The van der Waals surface area contributed by atoms with E-state index in [9.17, 15) is 0 Å². The number of nitrogens with one attached hydrogen (secondary N) is 1. The molecule has 1 saturated heterocycles. The number of piperidine rings is 1. The van der Waals surface area contributed by atoms with Crippen molar-refractivity contribution in [2.45, 2.75) is 50.9 Å². The number of nitrogens with zero attached hydrogens (tertiary/aromatic N) is 3. The molecule has 27 heavy (non-hydrogen) atoms. The highest BCUT2D eigenvalue weighted by Gasteiger charge is 2.53. The molecule has 0 radical (unpaired) electrons. The van der Waals surface area contributed by atoms with E-state index in [-0.39, 0.29) is 11.8 Å². The van der Waals surface area contributed by atoms with Gasteiger partial charge in [-0.25, -0.2) is 5.01 Å². The zero-order chi connectivity index (χ0) is 18.4. The molecule has 0 bridgehead atoms. The minimum Gasteiger partial charge on any atom is -0.466 e. The normalized spacial score (nSPS) is 29.3. The lowest BCUT2D eigenvalue weighted by Gasteiger charge is -2.50. The third-order valence-corrected chi connectivity index (χ3v) is 6.41. The van der Waals surface area contributed by atoms with Crippen LogP contribution in [0.1, 0.15) is 50.3 Å². The predicted molar refractivity (Wildman–Crippen MR) is 105 cm³/mol. The molecule has 1 aromatic heterocycles. The van der Waals surface area contributed by atoms with Gasteiger partial charge < -0.3 is 9.64 Å². The van der Waals surface area contributed by atoms with Crippen molar-refractivity contribution in [1.29, 1.82) is 0 Å². The van der Waals surface area contributed by atoms with Crippen LogP contribution in [0, 0.1) is 0 Å². The van der Waals surface area contributed by atoms with E-state index in [0.29, 0.717) is 6.04 Å². The fourth-order valence-electron chi connectivity index (χ4n) is 4.82. The van der Waals surface area contributed by atoms with Gasteiger partial charge in [0.15, 0.2) is 0 Å². The topological polar surface area (TPSA) is 42.2 Å². The number of rotatable bonds is 2. The first-order valence-electron chi connectivity index (χ1n) is 10.1. The second-order valence-corrected chi connectivity index (χ2v) is 8.25. The van der Waals surface area contributed by atoms with Crippen LogP contribution >= 0.6 is 0 Å². The van der Waals surface area contributed by atoms with E-state index >= 15 is 0 Å². The van der Waals surface area contributed by atoms with E-state index in [2.05, 4.69) is 60.2 Å². The molecule has 1 aromatic carbocycles. The van der Waals surface area contributed by atoms with Gasteiger partial charge in [0.25, 0.3) is 0 Å². The molecule has 5 nitrogen and oxygen atoms in total. The minimum absolute atomic E-state index is 0.263. The summed E-state index contributed by atoms with van der Waals surface area (Å²) < 4.78 is 6.68. The summed E-state index contributed by atoms with van der Waals surface area (Å²) in [7, 11) is 0. The van der Waals surface area contributed by atoms with Crippen molar-refractivity contribution >= 4 is 5.71 Å². The molecule has 0 saturated carbocycles. The summed E-state index contributed by atoms with van der Waals surface area (Å²) in [4.78, 5) is 5.82. The van der Waals surface area contributed by atoms with Crippen molar-refractivity contribution in [1.82, 2.24) is 9.99 Å². The van der Waals surface area contributed by atoms with Gasteiger partial charge in [-0.3, -0.25) is 4.98 Å². The summed E-state index contributed by atoms with van der Waals surface area (Å²) in [5.41, 5.74) is 3.25. The fourth-order valence-corrected chi connectivity index (χ4v) is 4.82. The highest BCUT2D eigenvalue weighted by Crippen LogP contribution is 2.49. The molecule has 1 fully saturated rings. The summed E-state index contributed by atoms with van der Waals surface area (Å²) in [6.07, 6.45) is 6.64. The van der Waals surface area contributed by atoms with Crippen LogP contribution in [0.2, 0.25) is 0 Å². The average Bonchev–Trinajstić information content (AvgIpc) is 3.16. The molecular formula is C22H27N4O+. The fraction of sp³-hybridized carbons (Fsp3) is 0.455. The smallest absolute Gasteiger partial charge is 0.208 e. The third kappa shape index (κ3) is 2.72. The average molecular weight is 363 g/mol. The van der Waals surface area contributed by atoms with Crippen molar-refractivity contribution in [3.05, 3.63) is 59.9 Å². The Morgan fingerprint density at radius 3 is 2.59 bits per heavy atom. The second-order valence-electron chi connectivity index (χ2n) is 8.25. The summed E-state index contributed by atoms with van der Waals surface area (Å²) in [5, 5.41) is 7.41. The molecule has 3 aliphatic heterocycles. The zero-order valence-corrected chi connectivity index (χ0v) is 16.1. The Morgan fingerprint density at radius 2 is 1.85 bits per heavy atom. The van der Waals surface area contributed by atoms with Gasteiger partial charge in [-0.15, -0.1) is 0 Å². The first-order valence-corrected chi connectivity index (χ1v) is 10.1. The van der Waals surface area contributed by atoms with Crippen LogP contribution in [0.15, 0.2) is 53.9 Å². The number of quaternary nitrogens is 1. The number of para-hydroxylation sites is 1. The molecular weight excluding hydrogens is 336 g/mol. The van der Waals surface area contributed by atoms with Crippen LogP contribution in [0.3, 0.4) is 0 Å². The van der Waals surface area contributed by atoms with E-state index in [0.717, 1.165) is 49.4 Å². The van der Waals surface area contributed by atoms with E-state index in [1.807, 2.05) is 12.4 Å². The van der Waals surface area contributed by atoms with Crippen LogP contribution in [0.4, 0.5) is 0 Å². The van der Waals surface area contributed by atoms with E-state index < -0.39 is 0 Å². The monoisotopic (exact) mass is 363 g/mol. The zero-order valence-electron chi connectivity index (χ0n) is 16.1. The number of pyridine rings is 1. The first kappa shape index (κ1) is 16.8. The molecule has 1 spiro atoms. The van der Waals surface area contributed by atoms with E-state index in [4.69, 9.17) is 9.84 Å². The maximum Gasteiger partial charge on any atom is 0.208 e. The summed E-state index contributed by atoms with van der Waals surface area (Å²) in [6.45, 7) is 6.87. The predicted octanol–water partition coefficient (Wildman–Crippen LogP) is 2.41. The summed E-state index contributed by atoms with van der Waals surface area (Å²) in [5.74, 6) is 1.04. The number of likely N-dealkylation sites (tertiary alicyclic amines) is 1. The Kier molecular flexibility index (Phi) is 3.93. The van der Waals surface area contributed by atoms with Crippen LogP contribution < -0.4 is 9.64 Å². The van der Waals surface area contributed by atoms with Crippen LogP contribution in [0.5, 0.6) is 5.75 Å². The molecule has 0 aliphatic carbocycles. The molecule has 5 heteroatoms.